The predicted molar refractivity (Wildman–Crippen MR) is 77.7 cm³/mol. The molecule has 0 unspecified atom stereocenters. The second kappa shape index (κ2) is 6.69. The first-order valence-electron chi connectivity index (χ1n) is 6.00. The van der Waals surface area contributed by atoms with Gasteiger partial charge >= 0.3 is 0 Å². The van der Waals surface area contributed by atoms with Crippen LogP contribution in [0.25, 0.3) is 0 Å². The summed E-state index contributed by atoms with van der Waals surface area (Å²) in [7, 11) is 1.56. The Kier molecular flexibility index (Phi) is 5.50. The second-order valence-corrected chi connectivity index (χ2v) is 5.51. The number of carbonyl (C=O) groups is 1. The van der Waals surface area contributed by atoms with Gasteiger partial charge in [-0.2, -0.15) is 11.8 Å². The number of amides is 1. The van der Waals surface area contributed by atoms with Gasteiger partial charge in [-0.15, -0.1) is 0 Å². The Morgan fingerprint density at radius 3 is 2.65 bits per heavy atom. The van der Waals surface area contributed by atoms with Crippen molar-refractivity contribution in [3.05, 3.63) is 39.2 Å². The number of aryl methyl sites for hydroxylation is 1. The smallest absolute Gasteiger partial charge is 0.285 e. The summed E-state index contributed by atoms with van der Waals surface area (Å²) in [5.41, 5.74) is -0.396. The monoisotopic (exact) mass is 300 g/mol. The van der Waals surface area contributed by atoms with Gasteiger partial charge in [0.2, 0.25) is 0 Å². The van der Waals surface area contributed by atoms with Crippen LogP contribution in [-0.4, -0.2) is 40.8 Å². The molecule has 0 aromatic heterocycles. The number of nitrogens with zero attached hydrogens (tertiary/aromatic N) is 2. The van der Waals surface area contributed by atoms with Crippen molar-refractivity contribution in [3.63, 3.8) is 0 Å². The number of thioether (sulfide) groups is 1. The summed E-state index contributed by atoms with van der Waals surface area (Å²) in [6, 6.07) is 1.89. The predicted octanol–water partition coefficient (Wildman–Crippen LogP) is 2.87. The van der Waals surface area contributed by atoms with E-state index < -0.39 is 16.6 Å². The quantitative estimate of drug-likeness (QED) is 0.619. The van der Waals surface area contributed by atoms with E-state index in [2.05, 4.69) is 0 Å². The van der Waals surface area contributed by atoms with E-state index in [1.165, 1.54) is 11.8 Å². The average Bonchev–Trinajstić information content (AvgIpc) is 2.35. The first-order chi connectivity index (χ1) is 9.29. The summed E-state index contributed by atoms with van der Waals surface area (Å²) in [6.45, 7) is 3.26. The molecule has 0 radical (unpaired) electrons. The number of halogens is 1. The fraction of sp³-hybridized carbons (Fsp3) is 0.462. The van der Waals surface area contributed by atoms with E-state index in [-0.39, 0.29) is 22.9 Å². The molecule has 0 saturated carbocycles. The van der Waals surface area contributed by atoms with Crippen LogP contribution in [0.2, 0.25) is 0 Å². The van der Waals surface area contributed by atoms with Crippen LogP contribution in [0, 0.1) is 22.9 Å². The zero-order valence-electron chi connectivity index (χ0n) is 11.8. The van der Waals surface area contributed by atoms with Crippen molar-refractivity contribution in [3.8, 4) is 0 Å². The lowest BCUT2D eigenvalue weighted by atomic mass is 10.1. The fourth-order valence-electron chi connectivity index (χ4n) is 1.88. The highest BCUT2D eigenvalue weighted by Gasteiger charge is 2.28. The summed E-state index contributed by atoms with van der Waals surface area (Å²) >= 11 is 1.57. The Morgan fingerprint density at radius 2 is 2.15 bits per heavy atom. The number of hydrogen-bond acceptors (Lipinski definition) is 4. The van der Waals surface area contributed by atoms with Crippen molar-refractivity contribution in [2.24, 2.45) is 0 Å². The van der Waals surface area contributed by atoms with E-state index in [0.29, 0.717) is 5.75 Å². The van der Waals surface area contributed by atoms with Gasteiger partial charge in [-0.05, 0) is 32.2 Å². The minimum Gasteiger partial charge on any atom is -0.338 e. The SMILES string of the molecule is CSC[C@@H](C)N(C)C(=O)c1cc(F)cc(C)c1[N+](=O)[O-]. The molecule has 0 bridgehead atoms. The number of hydrogen-bond donors (Lipinski definition) is 0. The van der Waals surface area contributed by atoms with Gasteiger partial charge in [0.1, 0.15) is 11.4 Å². The number of nitro groups is 1. The molecule has 0 fully saturated rings. The molecule has 1 amide bonds. The third-order valence-electron chi connectivity index (χ3n) is 3.07. The third-order valence-corrected chi connectivity index (χ3v) is 3.88. The maximum atomic E-state index is 13.4. The maximum Gasteiger partial charge on any atom is 0.285 e. The molecule has 0 aliphatic heterocycles. The summed E-state index contributed by atoms with van der Waals surface area (Å²) in [4.78, 5) is 24.2. The Bertz CT molecular complexity index is 537. The lowest BCUT2D eigenvalue weighted by Crippen LogP contribution is -2.37. The van der Waals surface area contributed by atoms with Crippen LogP contribution < -0.4 is 0 Å². The molecule has 110 valence electrons. The molecule has 1 aromatic rings. The van der Waals surface area contributed by atoms with Gasteiger partial charge in [-0.3, -0.25) is 14.9 Å². The van der Waals surface area contributed by atoms with E-state index in [9.17, 15) is 19.3 Å². The van der Waals surface area contributed by atoms with Crippen molar-refractivity contribution in [1.29, 1.82) is 0 Å². The highest BCUT2D eigenvalue weighted by molar-refractivity contribution is 7.98. The molecule has 7 heteroatoms. The fourth-order valence-corrected chi connectivity index (χ4v) is 2.59. The molecule has 20 heavy (non-hydrogen) atoms. The molecular weight excluding hydrogens is 283 g/mol. The van der Waals surface area contributed by atoms with E-state index in [1.54, 1.807) is 18.8 Å². The molecule has 1 rings (SSSR count). The topological polar surface area (TPSA) is 63.5 Å². The molecule has 0 N–H and O–H groups in total. The lowest BCUT2D eigenvalue weighted by Gasteiger charge is -2.24. The summed E-state index contributed by atoms with van der Waals surface area (Å²) in [5.74, 6) is -0.493. The molecule has 5 nitrogen and oxygen atoms in total. The summed E-state index contributed by atoms with van der Waals surface area (Å²) < 4.78 is 13.4. The van der Waals surface area contributed by atoms with Gasteiger partial charge in [-0.1, -0.05) is 0 Å². The summed E-state index contributed by atoms with van der Waals surface area (Å²) in [5, 5.41) is 11.1. The Labute approximate surface area is 121 Å². The number of benzene rings is 1. The van der Waals surface area contributed by atoms with Gasteiger partial charge in [0.15, 0.2) is 0 Å². The minimum atomic E-state index is -0.651. The third kappa shape index (κ3) is 3.47. The molecule has 1 atom stereocenters. The van der Waals surface area contributed by atoms with Gasteiger partial charge in [-0.25, -0.2) is 4.39 Å². The van der Waals surface area contributed by atoms with Gasteiger partial charge < -0.3 is 4.90 Å². The van der Waals surface area contributed by atoms with Crippen molar-refractivity contribution >= 4 is 23.4 Å². The zero-order chi connectivity index (χ0) is 15.4. The van der Waals surface area contributed by atoms with E-state index in [4.69, 9.17) is 0 Å². The molecule has 1 aromatic carbocycles. The van der Waals surface area contributed by atoms with Gasteiger partial charge in [0.25, 0.3) is 11.6 Å². The summed E-state index contributed by atoms with van der Waals surface area (Å²) in [6.07, 6.45) is 1.91. The number of carbonyl (C=O) groups excluding carboxylic acids is 1. The Hall–Kier alpha value is -1.63. The maximum absolute atomic E-state index is 13.4. The standard InChI is InChI=1S/C13H17FN2O3S/c1-8-5-10(14)6-11(12(8)16(18)19)13(17)15(3)9(2)7-20-4/h5-6,9H,7H2,1-4H3/t9-/m1/s1. The van der Waals surface area contributed by atoms with Crippen LogP contribution in [0.15, 0.2) is 12.1 Å². The molecular formula is C13H17FN2O3S. The van der Waals surface area contributed by atoms with Gasteiger partial charge in [0, 0.05) is 24.4 Å². The number of rotatable bonds is 5. The zero-order valence-corrected chi connectivity index (χ0v) is 12.7. The van der Waals surface area contributed by atoms with Crippen LogP contribution in [-0.2, 0) is 0 Å². The van der Waals surface area contributed by atoms with Crippen LogP contribution >= 0.6 is 11.8 Å². The van der Waals surface area contributed by atoms with E-state index in [1.807, 2.05) is 13.2 Å². The van der Waals surface area contributed by atoms with Crippen molar-refractivity contribution in [2.75, 3.05) is 19.1 Å². The Balaban J connectivity index is 3.24. The van der Waals surface area contributed by atoms with Crippen LogP contribution in [0.3, 0.4) is 0 Å². The molecule has 0 saturated heterocycles. The van der Waals surface area contributed by atoms with Crippen molar-refractivity contribution < 1.29 is 14.1 Å². The molecule has 0 aliphatic rings. The van der Waals surface area contributed by atoms with Crippen LogP contribution in [0.1, 0.15) is 22.8 Å². The van der Waals surface area contributed by atoms with Crippen LogP contribution in [0.5, 0.6) is 0 Å². The lowest BCUT2D eigenvalue weighted by molar-refractivity contribution is -0.385. The molecule has 0 aliphatic carbocycles. The van der Waals surface area contributed by atoms with E-state index >= 15 is 0 Å². The highest BCUT2D eigenvalue weighted by Crippen LogP contribution is 2.26. The van der Waals surface area contributed by atoms with Crippen molar-refractivity contribution in [1.82, 2.24) is 4.90 Å². The Morgan fingerprint density at radius 1 is 1.55 bits per heavy atom. The second-order valence-electron chi connectivity index (χ2n) is 4.60. The highest BCUT2D eigenvalue weighted by atomic mass is 32.2. The van der Waals surface area contributed by atoms with E-state index in [0.717, 1.165) is 12.1 Å². The molecule has 0 heterocycles. The molecule has 0 spiro atoms. The first-order valence-corrected chi connectivity index (χ1v) is 7.39. The normalized spacial score (nSPS) is 12.1. The van der Waals surface area contributed by atoms with Gasteiger partial charge in [0.05, 0.1) is 4.92 Å². The van der Waals surface area contributed by atoms with Crippen molar-refractivity contribution in [2.45, 2.75) is 19.9 Å². The first kappa shape index (κ1) is 16.4. The average molecular weight is 300 g/mol. The largest absolute Gasteiger partial charge is 0.338 e. The number of nitro benzene ring substituents is 1. The van der Waals surface area contributed by atoms with Crippen LogP contribution in [0.4, 0.5) is 10.1 Å². The minimum absolute atomic E-state index is 0.0966.